The highest BCUT2D eigenvalue weighted by Crippen LogP contribution is 2.32. The van der Waals surface area contributed by atoms with Gasteiger partial charge in [0.15, 0.2) is 5.78 Å². The van der Waals surface area contributed by atoms with Gasteiger partial charge in [0.2, 0.25) is 5.91 Å². The van der Waals surface area contributed by atoms with Gasteiger partial charge in [-0.15, -0.1) is 6.58 Å². The van der Waals surface area contributed by atoms with Crippen molar-refractivity contribution in [2.75, 3.05) is 40.0 Å². The molecule has 7 heteroatoms. The topological polar surface area (TPSA) is 85.9 Å². The van der Waals surface area contributed by atoms with Crippen LogP contribution in [-0.4, -0.2) is 51.6 Å². The molecule has 0 bridgehead atoms. The van der Waals surface area contributed by atoms with Crippen LogP contribution in [0.5, 0.6) is 17.2 Å². The summed E-state index contributed by atoms with van der Waals surface area (Å²) in [4.78, 5) is 24.3. The molecule has 230 valence electrons. The molecule has 0 aliphatic heterocycles. The molecule has 7 nitrogen and oxygen atoms in total. The first-order chi connectivity index (χ1) is 20.6. The Morgan fingerprint density at radius 1 is 0.881 bits per heavy atom. The van der Waals surface area contributed by atoms with Crippen molar-refractivity contribution in [3.63, 3.8) is 0 Å². The van der Waals surface area contributed by atoms with Crippen LogP contribution < -0.4 is 24.8 Å². The summed E-state index contributed by atoms with van der Waals surface area (Å²) in [5.74, 6) is 2.92. The number of ketones is 1. The molecular formula is C35H50N2O5. The van der Waals surface area contributed by atoms with Crippen molar-refractivity contribution >= 4 is 11.7 Å². The van der Waals surface area contributed by atoms with Crippen molar-refractivity contribution in [2.45, 2.75) is 84.0 Å². The molecule has 0 spiro atoms. The van der Waals surface area contributed by atoms with E-state index >= 15 is 0 Å². The van der Waals surface area contributed by atoms with E-state index in [0.29, 0.717) is 45.6 Å². The summed E-state index contributed by atoms with van der Waals surface area (Å²) in [6.45, 7) is 9.42. The second-order valence-corrected chi connectivity index (χ2v) is 10.8. The number of carbonyl (C=O) groups is 2. The summed E-state index contributed by atoms with van der Waals surface area (Å²) >= 11 is 0. The molecule has 1 amide bonds. The van der Waals surface area contributed by atoms with Gasteiger partial charge in [0.1, 0.15) is 17.2 Å². The maximum absolute atomic E-state index is 12.3. The van der Waals surface area contributed by atoms with Crippen molar-refractivity contribution in [1.29, 1.82) is 0 Å². The van der Waals surface area contributed by atoms with Crippen molar-refractivity contribution in [3.8, 4) is 17.2 Å². The van der Waals surface area contributed by atoms with E-state index in [1.54, 1.807) is 0 Å². The van der Waals surface area contributed by atoms with E-state index in [2.05, 4.69) is 24.1 Å². The van der Waals surface area contributed by atoms with Crippen LogP contribution in [-0.2, 0) is 24.1 Å². The van der Waals surface area contributed by atoms with Crippen molar-refractivity contribution in [3.05, 3.63) is 65.2 Å². The van der Waals surface area contributed by atoms with Gasteiger partial charge < -0.3 is 24.8 Å². The third kappa shape index (κ3) is 10.5. The number of amides is 1. The third-order valence-electron chi connectivity index (χ3n) is 7.49. The summed E-state index contributed by atoms with van der Waals surface area (Å²) in [7, 11) is 1.91. The van der Waals surface area contributed by atoms with E-state index in [0.717, 1.165) is 104 Å². The maximum Gasteiger partial charge on any atom is 0.220 e. The van der Waals surface area contributed by atoms with Gasteiger partial charge in [0.05, 0.1) is 19.8 Å². The number of hydrogen-bond acceptors (Lipinski definition) is 6. The number of carbonyl (C=O) groups excluding carboxylic acids is 2. The molecular weight excluding hydrogens is 528 g/mol. The van der Waals surface area contributed by atoms with Crippen LogP contribution in [0.3, 0.4) is 0 Å². The second kappa shape index (κ2) is 19.0. The number of Topliss-reactive ketones (excluding diaryl/α,β-unsaturated/α-hetero) is 1. The van der Waals surface area contributed by atoms with Gasteiger partial charge in [0.25, 0.3) is 0 Å². The minimum Gasteiger partial charge on any atom is -0.493 e. The molecule has 2 aromatic rings. The molecule has 3 rings (SSSR count). The van der Waals surface area contributed by atoms with Crippen LogP contribution in [0, 0.1) is 0 Å². The van der Waals surface area contributed by atoms with Gasteiger partial charge in [-0.2, -0.15) is 0 Å². The van der Waals surface area contributed by atoms with E-state index in [1.165, 1.54) is 0 Å². The fraction of sp³-hybridized carbons (Fsp3) is 0.543. The van der Waals surface area contributed by atoms with Gasteiger partial charge in [-0.3, -0.25) is 9.59 Å². The Bertz CT molecular complexity index is 1150. The monoisotopic (exact) mass is 578 g/mol. The van der Waals surface area contributed by atoms with Crippen LogP contribution in [0.2, 0.25) is 0 Å². The smallest absolute Gasteiger partial charge is 0.220 e. The number of allylic oxidation sites excluding steroid dienone is 1. The number of hydrogen-bond donors (Lipinski definition) is 2. The van der Waals surface area contributed by atoms with Crippen LogP contribution >= 0.6 is 0 Å². The average Bonchev–Trinajstić information content (AvgIpc) is 2.99. The fourth-order valence-electron chi connectivity index (χ4n) is 5.34. The molecule has 2 aromatic carbocycles. The lowest BCUT2D eigenvalue weighted by molar-refractivity contribution is -0.121. The third-order valence-corrected chi connectivity index (χ3v) is 7.49. The summed E-state index contributed by atoms with van der Waals surface area (Å²) < 4.78 is 18.4. The summed E-state index contributed by atoms with van der Waals surface area (Å²) in [6, 6.07) is 9.86. The van der Waals surface area contributed by atoms with Crippen LogP contribution in [0.25, 0.3) is 0 Å². The Morgan fingerprint density at radius 2 is 1.57 bits per heavy atom. The Morgan fingerprint density at radius 3 is 2.24 bits per heavy atom. The van der Waals surface area contributed by atoms with Crippen molar-refractivity contribution in [2.24, 2.45) is 0 Å². The van der Waals surface area contributed by atoms with Crippen molar-refractivity contribution in [1.82, 2.24) is 10.6 Å². The zero-order chi connectivity index (χ0) is 30.0. The van der Waals surface area contributed by atoms with E-state index < -0.39 is 0 Å². The molecule has 0 saturated carbocycles. The first-order valence-corrected chi connectivity index (χ1v) is 15.8. The highest BCUT2D eigenvalue weighted by atomic mass is 16.5. The molecule has 1 aliphatic carbocycles. The van der Waals surface area contributed by atoms with Crippen LogP contribution in [0.1, 0.15) is 91.8 Å². The first kappa shape index (κ1) is 33.2. The fourth-order valence-corrected chi connectivity index (χ4v) is 5.34. The van der Waals surface area contributed by atoms with Gasteiger partial charge in [0, 0.05) is 36.1 Å². The number of benzene rings is 2. The minimum absolute atomic E-state index is 0.0716. The van der Waals surface area contributed by atoms with E-state index in [1.807, 2.05) is 43.5 Å². The molecule has 0 saturated heterocycles. The minimum atomic E-state index is 0.0716. The van der Waals surface area contributed by atoms with Crippen LogP contribution in [0.15, 0.2) is 43.0 Å². The van der Waals surface area contributed by atoms with Gasteiger partial charge in [-0.05, 0) is 101 Å². The molecule has 1 aliphatic rings. The van der Waals surface area contributed by atoms with Gasteiger partial charge >= 0.3 is 0 Å². The Balaban J connectivity index is 1.40. The SMILES string of the molecule is C=CCc1c(OCCCCCOc2cccc(OCCCC(=O)NCCCNC)c2CCC)ccc2c1CCCC2=O. The number of nitrogens with one attached hydrogen (secondary N) is 2. The molecule has 0 aromatic heterocycles. The lowest BCUT2D eigenvalue weighted by Crippen LogP contribution is -2.26. The molecule has 0 heterocycles. The lowest BCUT2D eigenvalue weighted by atomic mass is 9.86. The largest absolute Gasteiger partial charge is 0.493 e. The molecule has 0 unspecified atom stereocenters. The summed E-state index contributed by atoms with van der Waals surface area (Å²) in [5, 5.41) is 6.03. The average molecular weight is 579 g/mol. The van der Waals surface area contributed by atoms with Crippen LogP contribution in [0.4, 0.5) is 0 Å². The van der Waals surface area contributed by atoms with E-state index in [9.17, 15) is 9.59 Å². The highest BCUT2D eigenvalue weighted by Gasteiger charge is 2.22. The summed E-state index contributed by atoms with van der Waals surface area (Å²) in [5.41, 5.74) is 4.22. The zero-order valence-corrected chi connectivity index (χ0v) is 25.7. The highest BCUT2D eigenvalue weighted by molar-refractivity contribution is 5.99. The van der Waals surface area contributed by atoms with E-state index in [4.69, 9.17) is 14.2 Å². The lowest BCUT2D eigenvalue weighted by Gasteiger charge is -2.21. The number of unbranched alkanes of at least 4 members (excludes halogenated alkanes) is 2. The number of ether oxygens (including phenoxy) is 3. The predicted octanol–water partition coefficient (Wildman–Crippen LogP) is 6.40. The summed E-state index contributed by atoms with van der Waals surface area (Å²) in [6.07, 6.45) is 11.9. The molecule has 0 atom stereocenters. The van der Waals surface area contributed by atoms with E-state index in [-0.39, 0.29) is 11.7 Å². The second-order valence-electron chi connectivity index (χ2n) is 10.8. The predicted molar refractivity (Wildman–Crippen MR) is 169 cm³/mol. The maximum atomic E-state index is 12.3. The Labute approximate surface area is 252 Å². The quantitative estimate of drug-likeness (QED) is 0.132. The zero-order valence-electron chi connectivity index (χ0n) is 25.7. The normalized spacial score (nSPS) is 12.5. The molecule has 42 heavy (non-hydrogen) atoms. The molecule has 0 fully saturated rings. The molecule has 0 radical (unpaired) electrons. The number of rotatable bonds is 21. The Kier molecular flexibility index (Phi) is 15.0. The Hall–Kier alpha value is -3.32. The molecule has 2 N–H and O–H groups in total. The number of fused-ring (bicyclic) bond motifs is 1. The first-order valence-electron chi connectivity index (χ1n) is 15.8. The van der Waals surface area contributed by atoms with Gasteiger partial charge in [-0.1, -0.05) is 25.5 Å². The standard InChI is InChI=1S/C35H50N2O5/c1-4-13-29-27-15-9-16-31(38)28(27)20-21-34(29)41-25-8-6-7-24-40-32-17-10-18-33(30(32)14-5-2)42-26-11-19-35(39)37-23-12-22-36-3/h4,10,17-18,20-21,36H,1,5-9,11-16,19,22-26H2,2-3H3,(H,37,39). The van der Waals surface area contributed by atoms with Gasteiger partial charge in [-0.25, -0.2) is 0 Å². The van der Waals surface area contributed by atoms with Crippen molar-refractivity contribution < 1.29 is 23.8 Å².